The lowest BCUT2D eigenvalue weighted by molar-refractivity contribution is -0.139. The van der Waals surface area contributed by atoms with Gasteiger partial charge in [-0.15, -0.1) is 0 Å². The molecule has 2 aromatic rings. The van der Waals surface area contributed by atoms with Crippen molar-refractivity contribution in [3.63, 3.8) is 0 Å². The fourth-order valence-electron chi connectivity index (χ4n) is 3.20. The van der Waals surface area contributed by atoms with Crippen LogP contribution in [0.5, 0.6) is 5.75 Å². The molecule has 29 heavy (non-hydrogen) atoms. The fraction of sp³-hybridized carbons (Fsp3) is 0.238. The fourth-order valence-corrected chi connectivity index (χ4v) is 3.20. The van der Waals surface area contributed by atoms with Gasteiger partial charge in [-0.2, -0.15) is 0 Å². The summed E-state index contributed by atoms with van der Waals surface area (Å²) in [6.07, 6.45) is 6.14. The van der Waals surface area contributed by atoms with Crippen LogP contribution in [0.4, 0.5) is 5.69 Å². The first-order chi connectivity index (χ1) is 13.9. The third kappa shape index (κ3) is 4.78. The van der Waals surface area contributed by atoms with E-state index in [1.165, 1.54) is 18.5 Å². The van der Waals surface area contributed by atoms with E-state index in [4.69, 9.17) is 10.8 Å². The highest BCUT2D eigenvalue weighted by Gasteiger charge is 2.41. The zero-order valence-electron chi connectivity index (χ0n) is 15.7. The molecule has 3 rings (SSSR count). The van der Waals surface area contributed by atoms with Crippen molar-refractivity contribution in [3.8, 4) is 5.75 Å². The first kappa shape index (κ1) is 20.1. The van der Waals surface area contributed by atoms with Gasteiger partial charge in [-0.3, -0.25) is 14.6 Å². The number of nitrogens with zero attached hydrogens (tertiary/aromatic N) is 2. The van der Waals surface area contributed by atoms with Crippen molar-refractivity contribution in [2.24, 2.45) is 10.7 Å². The predicted octanol–water partition coefficient (Wildman–Crippen LogP) is 2.62. The lowest BCUT2D eigenvalue weighted by Crippen LogP contribution is -2.54. The molecule has 1 aromatic heterocycles. The minimum atomic E-state index is -0.979. The minimum absolute atomic E-state index is 0.159. The van der Waals surface area contributed by atoms with Crippen molar-refractivity contribution in [1.29, 1.82) is 0 Å². The van der Waals surface area contributed by atoms with Gasteiger partial charge in [0, 0.05) is 29.7 Å². The van der Waals surface area contributed by atoms with Crippen LogP contribution in [0.1, 0.15) is 41.7 Å². The molecule has 1 saturated carbocycles. The summed E-state index contributed by atoms with van der Waals surface area (Å²) in [7, 11) is 0. The predicted molar refractivity (Wildman–Crippen MR) is 109 cm³/mol. The molecule has 8 heteroatoms. The van der Waals surface area contributed by atoms with E-state index in [1.54, 1.807) is 6.21 Å². The summed E-state index contributed by atoms with van der Waals surface area (Å²) < 4.78 is 0. The number of nitrogens with two attached hydrogens (primary N) is 1. The van der Waals surface area contributed by atoms with Gasteiger partial charge in [0.2, 0.25) is 0 Å². The van der Waals surface area contributed by atoms with Crippen LogP contribution < -0.4 is 11.1 Å². The third-order valence-corrected chi connectivity index (χ3v) is 4.88. The van der Waals surface area contributed by atoms with Crippen LogP contribution in [0.3, 0.4) is 0 Å². The highest BCUT2D eigenvalue weighted by molar-refractivity contribution is 6.10. The summed E-state index contributed by atoms with van der Waals surface area (Å²) in [5.41, 5.74) is 6.48. The molecule has 0 radical (unpaired) electrons. The number of allylic oxidation sites excluding steroid dienone is 1. The number of hydrogen-bond donors (Lipinski definition) is 4. The number of benzene rings is 1. The van der Waals surface area contributed by atoms with Gasteiger partial charge in [0.25, 0.3) is 5.91 Å². The third-order valence-electron chi connectivity index (χ3n) is 4.88. The maximum atomic E-state index is 12.5. The van der Waals surface area contributed by atoms with Crippen LogP contribution in [0, 0.1) is 0 Å². The quantitative estimate of drug-likeness (QED) is 0.533. The average molecular weight is 394 g/mol. The number of carbonyl (C=O) groups excluding carboxylic acids is 1. The Morgan fingerprint density at radius 2 is 2.00 bits per heavy atom. The van der Waals surface area contributed by atoms with Gasteiger partial charge < -0.3 is 21.3 Å². The molecular formula is C21H22N4O4. The minimum Gasteiger partial charge on any atom is -0.505 e. The second kappa shape index (κ2) is 8.55. The van der Waals surface area contributed by atoms with Crippen LogP contribution in [-0.2, 0) is 4.79 Å². The molecule has 1 amide bonds. The normalized spacial score (nSPS) is 15.7. The van der Waals surface area contributed by atoms with E-state index in [-0.39, 0.29) is 17.9 Å². The number of pyridine rings is 1. The van der Waals surface area contributed by atoms with Crippen LogP contribution in [0.15, 0.2) is 53.8 Å². The molecule has 1 aliphatic carbocycles. The Balaban J connectivity index is 1.76. The zero-order valence-corrected chi connectivity index (χ0v) is 15.7. The van der Waals surface area contributed by atoms with Gasteiger partial charge in [-0.1, -0.05) is 18.2 Å². The summed E-state index contributed by atoms with van der Waals surface area (Å²) >= 11 is 0. The van der Waals surface area contributed by atoms with Gasteiger partial charge in [0.1, 0.15) is 5.75 Å². The molecule has 8 nitrogen and oxygen atoms in total. The molecule has 0 aliphatic heterocycles. The highest BCUT2D eigenvalue weighted by atomic mass is 16.4. The lowest BCUT2D eigenvalue weighted by atomic mass is 9.74. The molecular weight excluding hydrogens is 372 g/mol. The number of hydrogen-bond acceptors (Lipinski definition) is 6. The Morgan fingerprint density at radius 1 is 1.28 bits per heavy atom. The van der Waals surface area contributed by atoms with Gasteiger partial charge in [-0.05, 0) is 37.5 Å². The summed E-state index contributed by atoms with van der Waals surface area (Å²) in [4.78, 5) is 32.0. The van der Waals surface area contributed by atoms with E-state index in [1.807, 2.05) is 30.3 Å². The first-order valence-corrected chi connectivity index (χ1v) is 9.17. The summed E-state index contributed by atoms with van der Waals surface area (Å²) in [5.74, 6) is -1.91. The highest BCUT2D eigenvalue weighted by Crippen LogP contribution is 2.35. The maximum Gasteiger partial charge on any atom is 0.305 e. The van der Waals surface area contributed by atoms with Crippen molar-refractivity contribution >= 4 is 29.4 Å². The molecule has 0 bridgehead atoms. The molecule has 1 aliphatic rings. The Bertz CT molecular complexity index is 966. The van der Waals surface area contributed by atoms with Gasteiger partial charge in [0.15, 0.2) is 5.69 Å². The van der Waals surface area contributed by atoms with Crippen LogP contribution in [-0.4, -0.2) is 38.8 Å². The van der Waals surface area contributed by atoms with Gasteiger partial charge >= 0.3 is 5.97 Å². The Hall–Kier alpha value is -3.68. The van der Waals surface area contributed by atoms with Crippen molar-refractivity contribution in [2.45, 2.75) is 31.2 Å². The monoisotopic (exact) mass is 394 g/mol. The number of aliphatic carboxylic acids is 1. The van der Waals surface area contributed by atoms with Crippen LogP contribution in [0.25, 0.3) is 5.57 Å². The molecule has 0 saturated heterocycles. The van der Waals surface area contributed by atoms with Crippen molar-refractivity contribution < 1.29 is 19.8 Å². The lowest BCUT2D eigenvalue weighted by Gasteiger charge is -2.41. The SMILES string of the molecule is NC=C(C=Nc1ccccc1)c1cnc(C(=O)NC2(CC(=O)O)CCC2)c(O)c1. The maximum absolute atomic E-state index is 12.5. The second-order valence-corrected chi connectivity index (χ2v) is 6.97. The number of para-hydroxylation sites is 1. The Kier molecular flexibility index (Phi) is 5.92. The van der Waals surface area contributed by atoms with Crippen LogP contribution in [0.2, 0.25) is 0 Å². The molecule has 1 fully saturated rings. The Labute approximate surface area is 167 Å². The van der Waals surface area contributed by atoms with Gasteiger partial charge in [-0.25, -0.2) is 4.98 Å². The molecule has 1 heterocycles. The molecule has 0 spiro atoms. The number of amides is 1. The van der Waals surface area contributed by atoms with Crippen molar-refractivity contribution in [1.82, 2.24) is 10.3 Å². The molecule has 150 valence electrons. The number of aliphatic imine (C=N–C) groups is 1. The van der Waals surface area contributed by atoms with E-state index < -0.39 is 17.4 Å². The smallest absolute Gasteiger partial charge is 0.305 e. The molecule has 5 N–H and O–H groups in total. The molecule has 0 atom stereocenters. The molecule has 0 unspecified atom stereocenters. The zero-order chi connectivity index (χ0) is 20.9. The number of carbonyl (C=O) groups is 2. The number of carboxylic acids is 1. The average Bonchev–Trinajstić information content (AvgIpc) is 2.67. The number of aromatic hydroxyl groups is 1. The topological polar surface area (TPSA) is 138 Å². The van der Waals surface area contributed by atoms with E-state index >= 15 is 0 Å². The van der Waals surface area contributed by atoms with Crippen LogP contribution >= 0.6 is 0 Å². The first-order valence-electron chi connectivity index (χ1n) is 9.17. The number of rotatable bonds is 7. The van der Waals surface area contributed by atoms with E-state index in [0.29, 0.717) is 24.0 Å². The summed E-state index contributed by atoms with van der Waals surface area (Å²) in [5, 5.41) is 22.1. The summed E-state index contributed by atoms with van der Waals surface area (Å²) in [6.45, 7) is 0. The number of nitrogens with one attached hydrogen (secondary N) is 1. The second-order valence-electron chi connectivity index (χ2n) is 6.97. The summed E-state index contributed by atoms with van der Waals surface area (Å²) in [6, 6.07) is 10.6. The molecule has 1 aromatic carbocycles. The van der Waals surface area contributed by atoms with Crippen molar-refractivity contribution in [3.05, 3.63) is 60.1 Å². The standard InChI is InChI=1S/C21H22N4O4/c22-11-15(13-23-16-5-2-1-3-6-16)14-9-17(26)19(24-12-14)20(29)25-21(7-4-8-21)10-18(27)28/h1-3,5-6,9,11-13,26H,4,7-8,10,22H2,(H,25,29)(H,27,28). The van der Waals surface area contributed by atoms with Gasteiger partial charge in [0.05, 0.1) is 17.6 Å². The Morgan fingerprint density at radius 3 is 2.55 bits per heavy atom. The number of carboxylic acid groups (broad SMARTS) is 1. The van der Waals surface area contributed by atoms with Crippen molar-refractivity contribution in [2.75, 3.05) is 0 Å². The van der Waals surface area contributed by atoms with E-state index in [9.17, 15) is 14.7 Å². The van der Waals surface area contributed by atoms with E-state index in [0.717, 1.165) is 12.1 Å². The number of aromatic nitrogens is 1. The largest absolute Gasteiger partial charge is 0.505 e. The van der Waals surface area contributed by atoms with E-state index in [2.05, 4.69) is 15.3 Å².